The molecule has 3 amide bonds. The lowest BCUT2D eigenvalue weighted by Gasteiger charge is -2.34. The van der Waals surface area contributed by atoms with E-state index in [-0.39, 0.29) is 30.9 Å². The van der Waals surface area contributed by atoms with Crippen LogP contribution in [-0.4, -0.2) is 49.1 Å². The van der Waals surface area contributed by atoms with Gasteiger partial charge in [-0.15, -0.1) is 12.4 Å². The van der Waals surface area contributed by atoms with E-state index in [0.717, 1.165) is 25.8 Å². The van der Waals surface area contributed by atoms with Gasteiger partial charge in [0.25, 0.3) is 0 Å². The van der Waals surface area contributed by atoms with Gasteiger partial charge in [0.05, 0.1) is 6.54 Å². The van der Waals surface area contributed by atoms with Crippen LogP contribution in [0.4, 0.5) is 4.79 Å². The summed E-state index contributed by atoms with van der Waals surface area (Å²) in [6.45, 7) is 6.25. The number of nitrogens with one attached hydrogen (secondary N) is 2. The Morgan fingerprint density at radius 2 is 2.05 bits per heavy atom. The predicted octanol–water partition coefficient (Wildman–Crippen LogP) is 0.703. The molecule has 1 aliphatic heterocycles. The third-order valence-electron chi connectivity index (χ3n) is 3.29. The molecule has 1 fully saturated rings. The molecule has 1 saturated heterocycles. The largest absolute Gasteiger partial charge is 0.338 e. The third kappa shape index (κ3) is 7.07. The molecule has 0 bridgehead atoms. The summed E-state index contributed by atoms with van der Waals surface area (Å²) >= 11 is 0. The summed E-state index contributed by atoms with van der Waals surface area (Å²) in [5, 5.41) is 5.02. The standard InChI is InChI=1S/C13H26N4O2.ClH/c1-10(2)8-15-13(19)16-12(18)9-17-6-4-3-5-11(17)7-14;/h10-11H,3-9,14H2,1-2H3,(H2,15,16,18,19);1H. The number of likely N-dealkylation sites (tertiary alicyclic amines) is 1. The lowest BCUT2D eigenvalue weighted by Crippen LogP contribution is -2.50. The highest BCUT2D eigenvalue weighted by Crippen LogP contribution is 2.15. The van der Waals surface area contributed by atoms with Crippen molar-refractivity contribution < 1.29 is 9.59 Å². The molecule has 1 unspecified atom stereocenters. The number of nitrogens with two attached hydrogens (primary N) is 1. The van der Waals surface area contributed by atoms with Crippen molar-refractivity contribution in [2.75, 3.05) is 26.2 Å². The number of urea groups is 1. The molecule has 0 saturated carbocycles. The molecule has 0 aromatic heterocycles. The first kappa shape index (κ1) is 19.1. The Labute approximate surface area is 127 Å². The molecule has 4 N–H and O–H groups in total. The summed E-state index contributed by atoms with van der Waals surface area (Å²) in [6, 6.07) is -0.154. The van der Waals surface area contributed by atoms with Gasteiger partial charge in [-0.1, -0.05) is 20.3 Å². The summed E-state index contributed by atoms with van der Waals surface area (Å²) in [4.78, 5) is 25.3. The van der Waals surface area contributed by atoms with Gasteiger partial charge in [0.2, 0.25) is 5.91 Å². The summed E-state index contributed by atoms with van der Waals surface area (Å²) in [7, 11) is 0. The van der Waals surface area contributed by atoms with E-state index in [1.54, 1.807) is 0 Å². The van der Waals surface area contributed by atoms with Gasteiger partial charge in [0, 0.05) is 19.1 Å². The van der Waals surface area contributed by atoms with E-state index < -0.39 is 6.03 Å². The van der Waals surface area contributed by atoms with Crippen LogP contribution >= 0.6 is 12.4 Å². The number of hydrogen-bond acceptors (Lipinski definition) is 4. The predicted molar refractivity (Wildman–Crippen MR) is 81.9 cm³/mol. The number of hydrogen-bond donors (Lipinski definition) is 3. The molecule has 0 aliphatic carbocycles. The number of rotatable bonds is 5. The Bertz CT molecular complexity index is 313. The smallest absolute Gasteiger partial charge is 0.321 e. The second-order valence-corrected chi connectivity index (χ2v) is 5.51. The topological polar surface area (TPSA) is 87.5 Å². The van der Waals surface area contributed by atoms with Gasteiger partial charge in [-0.25, -0.2) is 4.79 Å². The minimum atomic E-state index is -0.417. The molecule has 1 heterocycles. The van der Waals surface area contributed by atoms with E-state index >= 15 is 0 Å². The van der Waals surface area contributed by atoms with Crippen molar-refractivity contribution in [3.05, 3.63) is 0 Å². The van der Waals surface area contributed by atoms with Crippen LogP contribution in [0.3, 0.4) is 0 Å². The molecule has 1 rings (SSSR count). The molecular formula is C13H27ClN4O2. The van der Waals surface area contributed by atoms with Crippen molar-refractivity contribution in [1.82, 2.24) is 15.5 Å². The number of piperidine rings is 1. The van der Waals surface area contributed by atoms with Crippen LogP contribution < -0.4 is 16.4 Å². The maximum atomic E-state index is 11.8. The zero-order valence-electron chi connectivity index (χ0n) is 12.4. The Morgan fingerprint density at radius 1 is 1.35 bits per heavy atom. The van der Waals surface area contributed by atoms with Crippen LogP contribution in [0.25, 0.3) is 0 Å². The monoisotopic (exact) mass is 306 g/mol. The van der Waals surface area contributed by atoms with E-state index in [9.17, 15) is 9.59 Å². The second kappa shape index (κ2) is 9.96. The first-order chi connectivity index (χ1) is 9.02. The molecular weight excluding hydrogens is 280 g/mol. The molecule has 7 heteroatoms. The summed E-state index contributed by atoms with van der Waals surface area (Å²) < 4.78 is 0. The van der Waals surface area contributed by atoms with E-state index in [2.05, 4.69) is 15.5 Å². The van der Waals surface area contributed by atoms with E-state index in [1.807, 2.05) is 13.8 Å². The Kier molecular flexibility index (Phi) is 9.54. The fraction of sp³-hybridized carbons (Fsp3) is 0.846. The lowest BCUT2D eigenvalue weighted by molar-refractivity contribution is -0.122. The van der Waals surface area contributed by atoms with Crippen molar-refractivity contribution in [3.63, 3.8) is 0 Å². The Morgan fingerprint density at radius 3 is 2.65 bits per heavy atom. The van der Waals surface area contributed by atoms with E-state index in [0.29, 0.717) is 19.0 Å². The lowest BCUT2D eigenvalue weighted by atomic mass is 10.0. The number of imide groups is 1. The molecule has 0 aromatic carbocycles. The molecule has 1 aliphatic rings. The average Bonchev–Trinajstić information content (AvgIpc) is 2.37. The first-order valence-electron chi connectivity index (χ1n) is 7.04. The van der Waals surface area contributed by atoms with Crippen LogP contribution in [0.1, 0.15) is 33.1 Å². The summed E-state index contributed by atoms with van der Waals surface area (Å²) in [5.74, 6) is 0.103. The quantitative estimate of drug-likeness (QED) is 0.698. The van der Waals surface area contributed by atoms with Crippen LogP contribution in [-0.2, 0) is 4.79 Å². The van der Waals surface area contributed by atoms with Crippen LogP contribution in [0.5, 0.6) is 0 Å². The molecule has 0 radical (unpaired) electrons. The van der Waals surface area contributed by atoms with Gasteiger partial charge in [0.15, 0.2) is 0 Å². The van der Waals surface area contributed by atoms with Gasteiger partial charge in [-0.05, 0) is 25.3 Å². The maximum absolute atomic E-state index is 11.8. The minimum absolute atomic E-state index is 0. The SMILES string of the molecule is CC(C)CNC(=O)NC(=O)CN1CCCCC1CN.Cl. The number of amides is 3. The van der Waals surface area contributed by atoms with E-state index in [1.165, 1.54) is 0 Å². The van der Waals surface area contributed by atoms with Crippen LogP contribution in [0.15, 0.2) is 0 Å². The first-order valence-corrected chi connectivity index (χ1v) is 7.04. The summed E-state index contributed by atoms with van der Waals surface area (Å²) in [5.41, 5.74) is 5.70. The second-order valence-electron chi connectivity index (χ2n) is 5.51. The number of carbonyl (C=O) groups is 2. The highest BCUT2D eigenvalue weighted by molar-refractivity contribution is 5.95. The number of nitrogens with zero attached hydrogens (tertiary/aromatic N) is 1. The van der Waals surface area contributed by atoms with Gasteiger partial charge in [-0.2, -0.15) is 0 Å². The summed E-state index contributed by atoms with van der Waals surface area (Å²) in [6.07, 6.45) is 3.28. The molecule has 20 heavy (non-hydrogen) atoms. The van der Waals surface area contributed by atoms with Crippen molar-refractivity contribution in [2.45, 2.75) is 39.2 Å². The molecule has 0 spiro atoms. The van der Waals surface area contributed by atoms with Crippen LogP contribution in [0.2, 0.25) is 0 Å². The molecule has 1 atom stereocenters. The zero-order valence-corrected chi connectivity index (χ0v) is 13.2. The van der Waals surface area contributed by atoms with Crippen LogP contribution in [0, 0.1) is 5.92 Å². The molecule has 0 aromatic rings. The number of halogens is 1. The van der Waals surface area contributed by atoms with Crippen molar-refractivity contribution in [1.29, 1.82) is 0 Å². The van der Waals surface area contributed by atoms with Crippen molar-refractivity contribution >= 4 is 24.3 Å². The zero-order chi connectivity index (χ0) is 14.3. The van der Waals surface area contributed by atoms with Gasteiger partial charge in [-0.3, -0.25) is 15.0 Å². The van der Waals surface area contributed by atoms with Crippen molar-refractivity contribution in [3.8, 4) is 0 Å². The third-order valence-corrected chi connectivity index (χ3v) is 3.29. The highest BCUT2D eigenvalue weighted by atomic mass is 35.5. The van der Waals surface area contributed by atoms with E-state index in [4.69, 9.17) is 5.73 Å². The number of carbonyl (C=O) groups excluding carboxylic acids is 2. The highest BCUT2D eigenvalue weighted by Gasteiger charge is 2.23. The van der Waals surface area contributed by atoms with Crippen molar-refractivity contribution in [2.24, 2.45) is 11.7 Å². The normalized spacial score (nSPS) is 19.3. The fourth-order valence-electron chi connectivity index (χ4n) is 2.23. The molecule has 6 nitrogen and oxygen atoms in total. The van der Waals surface area contributed by atoms with Gasteiger partial charge in [0.1, 0.15) is 0 Å². The van der Waals surface area contributed by atoms with Gasteiger partial charge >= 0.3 is 6.03 Å². The Balaban J connectivity index is 0.00000361. The average molecular weight is 307 g/mol. The maximum Gasteiger partial charge on any atom is 0.321 e. The molecule has 118 valence electrons. The Hall–Kier alpha value is -0.850. The van der Waals surface area contributed by atoms with Gasteiger partial charge < -0.3 is 11.1 Å². The minimum Gasteiger partial charge on any atom is -0.338 e. The fourth-order valence-corrected chi connectivity index (χ4v) is 2.23.